The Bertz CT molecular complexity index is 661. The molecule has 0 aliphatic heterocycles. The fraction of sp³-hybridized carbons (Fsp3) is 0.294. The summed E-state index contributed by atoms with van der Waals surface area (Å²) >= 11 is 6.13. The Morgan fingerprint density at radius 2 is 2.04 bits per heavy atom. The van der Waals surface area contributed by atoms with Crippen molar-refractivity contribution in [2.45, 2.75) is 6.54 Å². The molecule has 23 heavy (non-hydrogen) atoms. The second-order valence-electron chi connectivity index (χ2n) is 5.43. The van der Waals surface area contributed by atoms with Crippen LogP contribution in [0.2, 0.25) is 5.02 Å². The zero-order valence-corrected chi connectivity index (χ0v) is 14.1. The fourth-order valence-corrected chi connectivity index (χ4v) is 2.19. The molecule has 5 nitrogen and oxygen atoms in total. The summed E-state index contributed by atoms with van der Waals surface area (Å²) < 4.78 is 0. The molecule has 0 aliphatic rings. The van der Waals surface area contributed by atoms with Crippen LogP contribution in [0.15, 0.2) is 42.6 Å². The van der Waals surface area contributed by atoms with Gasteiger partial charge >= 0.3 is 0 Å². The maximum Gasteiger partial charge on any atom is 0.251 e. The molecule has 2 N–H and O–H groups in total. The number of rotatable bonds is 7. The van der Waals surface area contributed by atoms with Crippen molar-refractivity contribution in [3.8, 4) is 0 Å². The first-order chi connectivity index (χ1) is 11.1. The van der Waals surface area contributed by atoms with Crippen LogP contribution in [0.4, 0.5) is 5.82 Å². The lowest BCUT2D eigenvalue weighted by molar-refractivity contribution is 0.0951. The van der Waals surface area contributed by atoms with E-state index >= 15 is 0 Å². The topological polar surface area (TPSA) is 57.3 Å². The van der Waals surface area contributed by atoms with E-state index < -0.39 is 0 Å². The van der Waals surface area contributed by atoms with Crippen molar-refractivity contribution in [2.75, 3.05) is 32.5 Å². The Hall–Kier alpha value is -2.11. The summed E-state index contributed by atoms with van der Waals surface area (Å²) in [6, 6.07) is 11.1. The lowest BCUT2D eigenvalue weighted by Crippen LogP contribution is -2.31. The molecule has 6 heteroatoms. The highest BCUT2D eigenvalue weighted by atomic mass is 35.5. The molecule has 1 aromatic heterocycles. The predicted molar refractivity (Wildman–Crippen MR) is 93.9 cm³/mol. The van der Waals surface area contributed by atoms with Crippen molar-refractivity contribution >= 4 is 23.3 Å². The molecule has 0 atom stereocenters. The molecule has 0 fully saturated rings. The molecule has 0 radical (unpaired) electrons. The highest BCUT2D eigenvalue weighted by molar-refractivity contribution is 6.31. The molecule has 0 spiro atoms. The van der Waals surface area contributed by atoms with Crippen LogP contribution < -0.4 is 10.6 Å². The van der Waals surface area contributed by atoms with Crippen LogP contribution in [-0.4, -0.2) is 43.0 Å². The molecule has 122 valence electrons. The van der Waals surface area contributed by atoms with Gasteiger partial charge in [-0.3, -0.25) is 4.79 Å². The number of nitrogens with zero attached hydrogens (tertiary/aromatic N) is 2. The van der Waals surface area contributed by atoms with Gasteiger partial charge in [-0.15, -0.1) is 0 Å². The largest absolute Gasteiger partial charge is 0.366 e. The Morgan fingerprint density at radius 1 is 1.26 bits per heavy atom. The smallest absolute Gasteiger partial charge is 0.251 e. The van der Waals surface area contributed by atoms with Gasteiger partial charge in [-0.2, -0.15) is 0 Å². The summed E-state index contributed by atoms with van der Waals surface area (Å²) in [5, 5.41) is 6.78. The van der Waals surface area contributed by atoms with E-state index in [1.54, 1.807) is 18.3 Å². The minimum atomic E-state index is -0.102. The zero-order chi connectivity index (χ0) is 16.7. The van der Waals surface area contributed by atoms with Gasteiger partial charge in [-0.25, -0.2) is 4.98 Å². The van der Waals surface area contributed by atoms with E-state index in [0.29, 0.717) is 29.5 Å². The summed E-state index contributed by atoms with van der Waals surface area (Å²) in [6.45, 7) is 1.96. The second-order valence-corrected chi connectivity index (χ2v) is 5.84. The summed E-state index contributed by atoms with van der Waals surface area (Å²) in [5.74, 6) is 0.542. The number of anilines is 1. The quantitative estimate of drug-likeness (QED) is 0.818. The number of hydrogen-bond donors (Lipinski definition) is 2. The number of amides is 1. The minimum Gasteiger partial charge on any atom is -0.366 e. The van der Waals surface area contributed by atoms with Gasteiger partial charge in [0, 0.05) is 36.4 Å². The molecule has 2 rings (SSSR count). The van der Waals surface area contributed by atoms with E-state index in [0.717, 1.165) is 12.1 Å². The van der Waals surface area contributed by atoms with E-state index in [2.05, 4.69) is 15.6 Å². The summed E-state index contributed by atoms with van der Waals surface area (Å²) in [4.78, 5) is 18.4. The van der Waals surface area contributed by atoms with Gasteiger partial charge in [0.2, 0.25) is 0 Å². The number of carbonyl (C=O) groups is 1. The number of nitrogens with one attached hydrogen (secondary N) is 2. The van der Waals surface area contributed by atoms with Crippen LogP contribution in [0.25, 0.3) is 0 Å². The monoisotopic (exact) mass is 332 g/mol. The first-order valence-electron chi connectivity index (χ1n) is 7.42. The van der Waals surface area contributed by atoms with Gasteiger partial charge in [-0.1, -0.05) is 29.8 Å². The minimum absolute atomic E-state index is 0.102. The van der Waals surface area contributed by atoms with E-state index in [-0.39, 0.29) is 5.91 Å². The highest BCUT2D eigenvalue weighted by Gasteiger charge is 2.07. The number of pyridine rings is 1. The van der Waals surface area contributed by atoms with Crippen molar-refractivity contribution in [3.63, 3.8) is 0 Å². The van der Waals surface area contributed by atoms with E-state index in [4.69, 9.17) is 11.6 Å². The second kappa shape index (κ2) is 8.50. The normalized spacial score (nSPS) is 10.6. The number of halogens is 1. The van der Waals surface area contributed by atoms with Gasteiger partial charge in [0.05, 0.1) is 0 Å². The number of aromatic nitrogens is 1. The average Bonchev–Trinajstić information content (AvgIpc) is 2.54. The molecule has 1 aromatic carbocycles. The third kappa shape index (κ3) is 5.54. The predicted octanol–water partition coefficient (Wildman–Crippen LogP) is 2.64. The maximum absolute atomic E-state index is 12.1. The van der Waals surface area contributed by atoms with Crippen LogP contribution in [-0.2, 0) is 6.54 Å². The maximum atomic E-state index is 12.1. The first kappa shape index (κ1) is 17.2. The molecule has 0 aliphatic carbocycles. The number of likely N-dealkylation sites (N-methyl/N-ethyl adjacent to an activating group) is 1. The number of benzene rings is 1. The van der Waals surface area contributed by atoms with Gasteiger partial charge in [0.15, 0.2) is 0 Å². The van der Waals surface area contributed by atoms with Crippen LogP contribution in [0.1, 0.15) is 15.9 Å². The van der Waals surface area contributed by atoms with Crippen molar-refractivity contribution in [1.82, 2.24) is 15.2 Å². The van der Waals surface area contributed by atoms with Gasteiger partial charge in [-0.05, 0) is 37.9 Å². The fourth-order valence-electron chi connectivity index (χ4n) is 1.99. The highest BCUT2D eigenvalue weighted by Crippen LogP contribution is 2.16. The Morgan fingerprint density at radius 3 is 2.78 bits per heavy atom. The van der Waals surface area contributed by atoms with E-state index in [1.165, 1.54) is 0 Å². The summed E-state index contributed by atoms with van der Waals surface area (Å²) in [6.07, 6.45) is 1.62. The molecular formula is C17H21ClN4O. The Balaban J connectivity index is 1.94. The molecule has 0 unspecified atom stereocenters. The molecular weight excluding hydrogens is 312 g/mol. The molecule has 2 aromatic rings. The van der Waals surface area contributed by atoms with Gasteiger partial charge in [0.1, 0.15) is 5.82 Å². The van der Waals surface area contributed by atoms with Gasteiger partial charge < -0.3 is 15.5 Å². The molecule has 1 heterocycles. The summed E-state index contributed by atoms with van der Waals surface area (Å²) in [7, 11) is 3.94. The third-order valence-electron chi connectivity index (χ3n) is 3.28. The van der Waals surface area contributed by atoms with Gasteiger partial charge in [0.25, 0.3) is 5.91 Å². The van der Waals surface area contributed by atoms with Crippen LogP contribution in [0.5, 0.6) is 0 Å². The Labute approximate surface area is 141 Å². The van der Waals surface area contributed by atoms with Crippen LogP contribution in [0.3, 0.4) is 0 Å². The lowest BCUT2D eigenvalue weighted by atomic mass is 10.2. The van der Waals surface area contributed by atoms with Crippen LogP contribution >= 0.6 is 11.6 Å². The number of carbonyl (C=O) groups excluding carboxylic acids is 1. The van der Waals surface area contributed by atoms with Crippen molar-refractivity contribution < 1.29 is 4.79 Å². The third-order valence-corrected chi connectivity index (χ3v) is 3.65. The SMILES string of the molecule is CN(C)CCNC(=O)c1ccnc(NCc2ccccc2Cl)c1. The van der Waals surface area contributed by atoms with Crippen molar-refractivity contribution in [3.05, 3.63) is 58.7 Å². The standard InChI is InChI=1S/C17H21ClN4O/c1-22(2)10-9-20-17(23)13-7-8-19-16(11-13)21-12-14-5-3-4-6-15(14)18/h3-8,11H,9-10,12H2,1-2H3,(H,19,21)(H,20,23). The van der Waals surface area contributed by atoms with E-state index in [9.17, 15) is 4.79 Å². The number of hydrogen-bond acceptors (Lipinski definition) is 4. The Kier molecular flexibility index (Phi) is 6.38. The van der Waals surface area contributed by atoms with Crippen molar-refractivity contribution in [1.29, 1.82) is 0 Å². The molecule has 0 saturated carbocycles. The average molecular weight is 333 g/mol. The molecule has 1 amide bonds. The van der Waals surface area contributed by atoms with E-state index in [1.807, 2.05) is 43.3 Å². The molecule has 0 bridgehead atoms. The first-order valence-corrected chi connectivity index (χ1v) is 7.80. The summed E-state index contributed by atoms with van der Waals surface area (Å²) in [5.41, 5.74) is 1.57. The van der Waals surface area contributed by atoms with Crippen LogP contribution in [0, 0.1) is 0 Å². The van der Waals surface area contributed by atoms with Crippen molar-refractivity contribution in [2.24, 2.45) is 0 Å². The molecule has 0 saturated heterocycles. The lowest BCUT2D eigenvalue weighted by Gasteiger charge is -2.11. The zero-order valence-electron chi connectivity index (χ0n) is 13.3.